The van der Waals surface area contributed by atoms with E-state index < -0.39 is 0 Å². The van der Waals surface area contributed by atoms with Gasteiger partial charge in [-0.25, -0.2) is 0 Å². The van der Waals surface area contributed by atoms with Crippen LogP contribution in [0.1, 0.15) is 18.0 Å². The maximum absolute atomic E-state index is 6.16. The second-order valence-corrected chi connectivity index (χ2v) is 4.60. The SMILES string of the molecule is NNC(CCOc1ccccc1)c1ccccc1Cl. The van der Waals surface area contributed by atoms with Crippen molar-refractivity contribution < 1.29 is 4.74 Å². The zero-order valence-electron chi connectivity index (χ0n) is 10.6. The maximum Gasteiger partial charge on any atom is 0.119 e. The van der Waals surface area contributed by atoms with Crippen molar-refractivity contribution in [1.82, 2.24) is 5.43 Å². The van der Waals surface area contributed by atoms with E-state index in [0.29, 0.717) is 11.6 Å². The molecule has 0 spiro atoms. The van der Waals surface area contributed by atoms with Gasteiger partial charge >= 0.3 is 0 Å². The number of benzene rings is 2. The van der Waals surface area contributed by atoms with Crippen LogP contribution >= 0.6 is 11.6 Å². The molecule has 0 aromatic heterocycles. The Morgan fingerprint density at radius 3 is 2.42 bits per heavy atom. The zero-order chi connectivity index (χ0) is 13.5. The largest absolute Gasteiger partial charge is 0.494 e. The summed E-state index contributed by atoms with van der Waals surface area (Å²) in [5.74, 6) is 6.45. The van der Waals surface area contributed by atoms with Crippen LogP contribution in [-0.2, 0) is 0 Å². The smallest absolute Gasteiger partial charge is 0.119 e. The molecule has 2 rings (SSSR count). The van der Waals surface area contributed by atoms with Crippen LogP contribution in [0.15, 0.2) is 54.6 Å². The monoisotopic (exact) mass is 276 g/mol. The van der Waals surface area contributed by atoms with Gasteiger partial charge in [-0.15, -0.1) is 0 Å². The van der Waals surface area contributed by atoms with Crippen molar-refractivity contribution in [3.05, 3.63) is 65.2 Å². The molecule has 0 aliphatic heterocycles. The van der Waals surface area contributed by atoms with E-state index in [0.717, 1.165) is 17.7 Å². The standard InChI is InChI=1S/C15H17ClN2O/c16-14-9-5-4-8-13(14)15(18-17)10-11-19-12-6-2-1-3-7-12/h1-9,15,18H,10-11,17H2. The van der Waals surface area contributed by atoms with Gasteiger partial charge in [0.05, 0.1) is 12.6 Å². The van der Waals surface area contributed by atoms with Gasteiger partial charge in [0.25, 0.3) is 0 Å². The first-order valence-corrected chi connectivity index (χ1v) is 6.57. The second kappa shape index (κ2) is 7.14. The number of hydrazine groups is 1. The van der Waals surface area contributed by atoms with Crippen LogP contribution < -0.4 is 16.0 Å². The number of nitrogens with two attached hydrogens (primary N) is 1. The average molecular weight is 277 g/mol. The minimum Gasteiger partial charge on any atom is -0.494 e. The van der Waals surface area contributed by atoms with Gasteiger partial charge in [0.2, 0.25) is 0 Å². The van der Waals surface area contributed by atoms with E-state index in [-0.39, 0.29) is 6.04 Å². The van der Waals surface area contributed by atoms with Gasteiger partial charge in [-0.2, -0.15) is 0 Å². The molecule has 0 aliphatic carbocycles. The van der Waals surface area contributed by atoms with Crippen LogP contribution in [0.5, 0.6) is 5.75 Å². The van der Waals surface area contributed by atoms with E-state index in [1.807, 2.05) is 54.6 Å². The van der Waals surface area contributed by atoms with Gasteiger partial charge in [-0.1, -0.05) is 48.0 Å². The van der Waals surface area contributed by atoms with Crippen LogP contribution in [0.3, 0.4) is 0 Å². The van der Waals surface area contributed by atoms with Gasteiger partial charge in [-0.05, 0) is 23.8 Å². The van der Waals surface area contributed by atoms with Crippen LogP contribution in [-0.4, -0.2) is 6.61 Å². The third-order valence-electron chi connectivity index (χ3n) is 2.90. The third-order valence-corrected chi connectivity index (χ3v) is 3.24. The Kier molecular flexibility index (Phi) is 5.21. The van der Waals surface area contributed by atoms with Crippen LogP contribution in [0.2, 0.25) is 5.02 Å². The van der Waals surface area contributed by atoms with Crippen LogP contribution in [0.4, 0.5) is 0 Å². The molecule has 3 N–H and O–H groups in total. The van der Waals surface area contributed by atoms with Gasteiger partial charge in [0.1, 0.15) is 5.75 Å². The van der Waals surface area contributed by atoms with E-state index in [2.05, 4.69) is 5.43 Å². The van der Waals surface area contributed by atoms with Gasteiger partial charge in [0, 0.05) is 11.4 Å². The number of nitrogens with one attached hydrogen (secondary N) is 1. The van der Waals surface area contributed by atoms with Crippen molar-refractivity contribution in [2.24, 2.45) is 5.84 Å². The second-order valence-electron chi connectivity index (χ2n) is 4.19. The highest BCUT2D eigenvalue weighted by molar-refractivity contribution is 6.31. The Balaban J connectivity index is 1.92. The summed E-state index contributed by atoms with van der Waals surface area (Å²) in [4.78, 5) is 0. The Morgan fingerprint density at radius 2 is 1.74 bits per heavy atom. The highest BCUT2D eigenvalue weighted by Gasteiger charge is 2.12. The van der Waals surface area contributed by atoms with E-state index in [1.165, 1.54) is 0 Å². The molecule has 1 unspecified atom stereocenters. The lowest BCUT2D eigenvalue weighted by Gasteiger charge is -2.17. The summed E-state index contributed by atoms with van der Waals surface area (Å²) < 4.78 is 5.66. The molecule has 2 aromatic rings. The zero-order valence-corrected chi connectivity index (χ0v) is 11.3. The molecular weight excluding hydrogens is 260 g/mol. The van der Waals surface area contributed by atoms with Crippen molar-refractivity contribution >= 4 is 11.6 Å². The normalized spacial score (nSPS) is 12.1. The van der Waals surface area contributed by atoms with Crippen molar-refractivity contribution in [3.63, 3.8) is 0 Å². The van der Waals surface area contributed by atoms with E-state index in [4.69, 9.17) is 22.2 Å². The highest BCUT2D eigenvalue weighted by atomic mass is 35.5. The first-order valence-electron chi connectivity index (χ1n) is 6.19. The van der Waals surface area contributed by atoms with E-state index in [9.17, 15) is 0 Å². The average Bonchev–Trinajstić information content (AvgIpc) is 2.46. The fourth-order valence-electron chi connectivity index (χ4n) is 1.90. The van der Waals surface area contributed by atoms with Crippen LogP contribution in [0, 0.1) is 0 Å². The van der Waals surface area contributed by atoms with Gasteiger partial charge in [-0.3, -0.25) is 11.3 Å². The Bertz CT molecular complexity index is 505. The molecule has 0 saturated carbocycles. The first-order chi connectivity index (χ1) is 9.31. The summed E-state index contributed by atoms with van der Waals surface area (Å²) in [7, 11) is 0. The van der Waals surface area contributed by atoms with Crippen molar-refractivity contribution in [3.8, 4) is 5.75 Å². The number of ether oxygens (including phenoxy) is 1. The summed E-state index contributed by atoms with van der Waals surface area (Å²) in [5, 5.41) is 0.713. The molecule has 100 valence electrons. The fourth-order valence-corrected chi connectivity index (χ4v) is 2.17. The Hall–Kier alpha value is -1.55. The third kappa shape index (κ3) is 3.96. The minimum absolute atomic E-state index is 0.0163. The molecule has 3 nitrogen and oxygen atoms in total. The Labute approximate surface area is 118 Å². The predicted molar refractivity (Wildman–Crippen MR) is 78.1 cm³/mol. The first kappa shape index (κ1) is 13.9. The van der Waals surface area contributed by atoms with E-state index in [1.54, 1.807) is 0 Å². The number of hydrogen-bond donors (Lipinski definition) is 2. The Morgan fingerprint density at radius 1 is 1.05 bits per heavy atom. The molecule has 2 aromatic carbocycles. The summed E-state index contributed by atoms with van der Waals surface area (Å²) in [6, 6.07) is 17.4. The summed E-state index contributed by atoms with van der Waals surface area (Å²) in [5.41, 5.74) is 3.77. The summed E-state index contributed by atoms with van der Waals surface area (Å²) in [6.45, 7) is 0.574. The molecule has 0 bridgehead atoms. The molecule has 0 heterocycles. The van der Waals surface area contributed by atoms with E-state index >= 15 is 0 Å². The summed E-state index contributed by atoms with van der Waals surface area (Å²) in [6.07, 6.45) is 0.745. The number of halogens is 1. The number of hydrogen-bond acceptors (Lipinski definition) is 3. The molecule has 1 atom stereocenters. The minimum atomic E-state index is -0.0163. The van der Waals surface area contributed by atoms with Crippen molar-refractivity contribution in [2.75, 3.05) is 6.61 Å². The molecule has 19 heavy (non-hydrogen) atoms. The lowest BCUT2D eigenvalue weighted by Crippen LogP contribution is -2.29. The number of rotatable bonds is 6. The van der Waals surface area contributed by atoms with Crippen molar-refractivity contribution in [2.45, 2.75) is 12.5 Å². The van der Waals surface area contributed by atoms with Crippen molar-refractivity contribution in [1.29, 1.82) is 0 Å². The van der Waals surface area contributed by atoms with Gasteiger partial charge in [0.15, 0.2) is 0 Å². The lowest BCUT2D eigenvalue weighted by molar-refractivity contribution is 0.287. The molecular formula is C15H17ClN2O. The fraction of sp³-hybridized carbons (Fsp3) is 0.200. The molecule has 0 fully saturated rings. The molecule has 0 radical (unpaired) electrons. The van der Waals surface area contributed by atoms with Crippen LogP contribution in [0.25, 0.3) is 0 Å². The highest BCUT2D eigenvalue weighted by Crippen LogP contribution is 2.24. The topological polar surface area (TPSA) is 47.3 Å². The number of para-hydroxylation sites is 1. The summed E-state index contributed by atoms with van der Waals surface area (Å²) >= 11 is 6.16. The predicted octanol–water partition coefficient (Wildman–Crippen LogP) is 3.31. The maximum atomic E-state index is 6.16. The molecule has 0 aliphatic rings. The quantitative estimate of drug-likeness (QED) is 0.629. The lowest BCUT2D eigenvalue weighted by atomic mass is 10.0. The molecule has 0 saturated heterocycles. The molecule has 4 heteroatoms. The molecule has 0 amide bonds. The van der Waals surface area contributed by atoms with Gasteiger partial charge < -0.3 is 4.74 Å².